The molecule has 0 heterocycles. The van der Waals surface area contributed by atoms with E-state index in [9.17, 15) is 14.4 Å². The molecule has 82 heavy (non-hydrogen) atoms. The first kappa shape index (κ1) is 79.9. The number of esters is 3. The molecule has 6 heteroatoms. The van der Waals surface area contributed by atoms with Gasteiger partial charge in [0.05, 0.1) is 0 Å². The maximum Gasteiger partial charge on any atom is 0.306 e. The molecule has 0 aliphatic heterocycles. The van der Waals surface area contributed by atoms with Gasteiger partial charge in [-0.3, -0.25) is 14.4 Å². The molecule has 0 N–H and O–H groups in total. The lowest BCUT2D eigenvalue weighted by atomic mass is 10.0. The molecule has 0 aliphatic carbocycles. The van der Waals surface area contributed by atoms with Crippen LogP contribution in [-0.2, 0) is 28.6 Å². The fraction of sp³-hybridized carbons (Fsp3) is 0.908. The monoisotopic (exact) mass is 1150 g/mol. The summed E-state index contributed by atoms with van der Waals surface area (Å²) in [7, 11) is 0. The Kier molecular flexibility index (Phi) is 69.5. The molecule has 0 amide bonds. The lowest BCUT2D eigenvalue weighted by Crippen LogP contribution is -2.30. The number of carbonyl (C=O) groups excluding carboxylic acids is 3. The van der Waals surface area contributed by atoms with Crippen LogP contribution in [0.3, 0.4) is 0 Å². The van der Waals surface area contributed by atoms with Crippen molar-refractivity contribution in [3.8, 4) is 0 Å². The summed E-state index contributed by atoms with van der Waals surface area (Å²) in [6, 6.07) is 0. The van der Waals surface area contributed by atoms with E-state index in [0.717, 1.165) is 77.0 Å². The van der Waals surface area contributed by atoms with Crippen LogP contribution in [0.5, 0.6) is 0 Å². The average molecular weight is 1150 g/mol. The second-order valence-corrected chi connectivity index (χ2v) is 25.6. The molecule has 0 saturated heterocycles. The highest BCUT2D eigenvalue weighted by Gasteiger charge is 2.20. The van der Waals surface area contributed by atoms with Gasteiger partial charge in [0.2, 0.25) is 0 Å². The SMILES string of the molecule is CCCCCC/C=C\C/C=C\CCCCCCCC(=O)OCC(COC(=O)CCCCCCCCCCCCCCCCCCCCCCCCCCCCC)OC(=O)CCCCCCCCCCCCCCCCCCCCCCC. The Labute approximate surface area is 513 Å². The zero-order valence-corrected chi connectivity index (χ0v) is 55.8. The molecule has 0 aromatic rings. The Morgan fingerprint density at radius 2 is 0.439 bits per heavy atom. The first-order valence-corrected chi connectivity index (χ1v) is 37.3. The quantitative estimate of drug-likeness (QED) is 0.0261. The van der Waals surface area contributed by atoms with Crippen molar-refractivity contribution in [1.29, 1.82) is 0 Å². The average Bonchev–Trinajstić information content (AvgIpc) is 3.47. The van der Waals surface area contributed by atoms with Crippen molar-refractivity contribution in [2.75, 3.05) is 13.2 Å². The van der Waals surface area contributed by atoms with Gasteiger partial charge in [0, 0.05) is 19.3 Å². The molecular weight excluding hydrogens is 1010 g/mol. The van der Waals surface area contributed by atoms with Gasteiger partial charge in [0.15, 0.2) is 6.10 Å². The van der Waals surface area contributed by atoms with Crippen molar-refractivity contribution in [2.24, 2.45) is 0 Å². The van der Waals surface area contributed by atoms with Crippen LogP contribution in [0.4, 0.5) is 0 Å². The molecule has 1 atom stereocenters. The van der Waals surface area contributed by atoms with Crippen molar-refractivity contribution in [3.05, 3.63) is 24.3 Å². The van der Waals surface area contributed by atoms with Crippen molar-refractivity contribution in [3.63, 3.8) is 0 Å². The van der Waals surface area contributed by atoms with Gasteiger partial charge in [0.25, 0.3) is 0 Å². The Balaban J connectivity index is 4.23. The van der Waals surface area contributed by atoms with Gasteiger partial charge < -0.3 is 14.2 Å². The van der Waals surface area contributed by atoms with E-state index in [-0.39, 0.29) is 31.1 Å². The van der Waals surface area contributed by atoms with Crippen molar-refractivity contribution >= 4 is 17.9 Å². The molecule has 0 fully saturated rings. The molecule has 0 bridgehead atoms. The van der Waals surface area contributed by atoms with E-state index in [1.54, 1.807) is 0 Å². The van der Waals surface area contributed by atoms with E-state index < -0.39 is 6.10 Å². The van der Waals surface area contributed by atoms with Gasteiger partial charge in [0.1, 0.15) is 13.2 Å². The van der Waals surface area contributed by atoms with E-state index in [0.29, 0.717) is 19.3 Å². The molecule has 0 aliphatic rings. The number of carbonyl (C=O) groups is 3. The summed E-state index contributed by atoms with van der Waals surface area (Å²) in [5, 5.41) is 0. The van der Waals surface area contributed by atoms with Gasteiger partial charge in [-0.15, -0.1) is 0 Å². The first-order chi connectivity index (χ1) is 40.5. The molecule has 484 valence electrons. The summed E-state index contributed by atoms with van der Waals surface area (Å²) in [6.45, 7) is 6.71. The lowest BCUT2D eigenvalue weighted by molar-refractivity contribution is -0.167. The Morgan fingerprint density at radius 3 is 0.683 bits per heavy atom. The van der Waals surface area contributed by atoms with Gasteiger partial charge in [-0.1, -0.05) is 379 Å². The minimum Gasteiger partial charge on any atom is -0.462 e. The molecule has 0 radical (unpaired) electrons. The van der Waals surface area contributed by atoms with Crippen molar-refractivity contribution in [1.82, 2.24) is 0 Å². The van der Waals surface area contributed by atoms with Crippen LogP contribution in [0, 0.1) is 0 Å². The van der Waals surface area contributed by atoms with E-state index in [1.807, 2.05) is 0 Å². The highest BCUT2D eigenvalue weighted by atomic mass is 16.6. The predicted molar refractivity (Wildman–Crippen MR) is 358 cm³/mol. The van der Waals surface area contributed by atoms with E-state index >= 15 is 0 Å². The summed E-state index contributed by atoms with van der Waals surface area (Å²) < 4.78 is 17.0. The summed E-state index contributed by atoms with van der Waals surface area (Å²) in [6.07, 6.45) is 87.9. The fourth-order valence-corrected chi connectivity index (χ4v) is 11.6. The highest BCUT2D eigenvalue weighted by Crippen LogP contribution is 2.19. The molecular formula is C76H144O6. The zero-order chi connectivity index (χ0) is 59.2. The van der Waals surface area contributed by atoms with Crippen LogP contribution in [0.15, 0.2) is 24.3 Å². The minimum atomic E-state index is -0.775. The first-order valence-electron chi connectivity index (χ1n) is 37.3. The van der Waals surface area contributed by atoms with Gasteiger partial charge in [-0.25, -0.2) is 0 Å². The number of unbranched alkanes of at least 4 members (excludes halogenated alkanes) is 55. The molecule has 1 unspecified atom stereocenters. The molecule has 0 spiro atoms. The molecule has 0 rings (SSSR count). The van der Waals surface area contributed by atoms with Crippen LogP contribution < -0.4 is 0 Å². The smallest absolute Gasteiger partial charge is 0.306 e. The predicted octanol–water partition coefficient (Wildman–Crippen LogP) is 25.7. The number of rotatable bonds is 70. The number of hydrogen-bond donors (Lipinski definition) is 0. The third-order valence-electron chi connectivity index (χ3n) is 17.2. The van der Waals surface area contributed by atoms with Crippen molar-refractivity contribution < 1.29 is 28.6 Å². The van der Waals surface area contributed by atoms with Crippen LogP contribution in [0.1, 0.15) is 425 Å². The largest absolute Gasteiger partial charge is 0.462 e. The number of ether oxygens (including phenoxy) is 3. The van der Waals surface area contributed by atoms with E-state index in [4.69, 9.17) is 14.2 Å². The highest BCUT2D eigenvalue weighted by molar-refractivity contribution is 5.71. The standard InChI is InChI=1S/C76H144O6/c1-4-7-10-13-16-19-22-25-28-31-33-35-36-37-38-39-40-42-43-45-48-51-54-57-60-63-66-69-75(78)81-72-73(71-80-74(77)68-65-62-59-56-53-50-47-30-27-24-21-18-15-12-9-6-3)82-76(79)70-67-64-61-58-55-52-49-46-44-41-34-32-29-26-23-20-17-14-11-8-5-2/h21,24,30,47,73H,4-20,22-23,25-29,31-46,48-72H2,1-3H3/b24-21-,47-30-. The molecule has 6 nitrogen and oxygen atoms in total. The molecule has 0 aromatic carbocycles. The lowest BCUT2D eigenvalue weighted by Gasteiger charge is -2.18. The summed E-state index contributed by atoms with van der Waals surface area (Å²) in [5.74, 6) is -0.847. The molecule has 0 aromatic heterocycles. The van der Waals surface area contributed by atoms with Gasteiger partial charge in [-0.05, 0) is 51.4 Å². The van der Waals surface area contributed by atoms with Crippen LogP contribution in [0.25, 0.3) is 0 Å². The number of hydrogen-bond acceptors (Lipinski definition) is 6. The summed E-state index contributed by atoms with van der Waals surface area (Å²) in [4.78, 5) is 38.5. The number of allylic oxidation sites excluding steroid dienone is 4. The Hall–Kier alpha value is -2.11. The van der Waals surface area contributed by atoms with E-state index in [1.165, 1.54) is 308 Å². The third kappa shape index (κ3) is 68.7. The van der Waals surface area contributed by atoms with E-state index in [2.05, 4.69) is 45.1 Å². The molecule has 0 saturated carbocycles. The van der Waals surface area contributed by atoms with Gasteiger partial charge in [-0.2, -0.15) is 0 Å². The van der Waals surface area contributed by atoms with Crippen molar-refractivity contribution in [2.45, 2.75) is 431 Å². The summed E-state index contributed by atoms with van der Waals surface area (Å²) >= 11 is 0. The Morgan fingerprint density at radius 1 is 0.244 bits per heavy atom. The third-order valence-corrected chi connectivity index (χ3v) is 17.2. The van der Waals surface area contributed by atoms with Gasteiger partial charge >= 0.3 is 17.9 Å². The zero-order valence-electron chi connectivity index (χ0n) is 55.8. The maximum atomic E-state index is 13.0. The minimum absolute atomic E-state index is 0.0690. The van der Waals surface area contributed by atoms with Crippen LogP contribution in [0.2, 0.25) is 0 Å². The maximum absolute atomic E-state index is 13.0. The van der Waals surface area contributed by atoms with Crippen LogP contribution >= 0.6 is 0 Å². The van der Waals surface area contributed by atoms with Crippen LogP contribution in [-0.4, -0.2) is 37.2 Å². The second-order valence-electron chi connectivity index (χ2n) is 25.6. The topological polar surface area (TPSA) is 78.9 Å². The second kappa shape index (κ2) is 71.4. The fourth-order valence-electron chi connectivity index (χ4n) is 11.6. The summed E-state index contributed by atoms with van der Waals surface area (Å²) in [5.41, 5.74) is 0. The Bertz CT molecular complexity index is 1320. The normalized spacial score (nSPS) is 12.1.